The fourth-order valence-electron chi connectivity index (χ4n) is 1.74. The summed E-state index contributed by atoms with van der Waals surface area (Å²) in [5.74, 6) is -0.213. The second-order valence-electron chi connectivity index (χ2n) is 4.62. The topological polar surface area (TPSA) is 34.1 Å². The highest BCUT2D eigenvalue weighted by molar-refractivity contribution is 7.09. The molecule has 7 heteroatoms. The van der Waals surface area contributed by atoms with Crippen LogP contribution in [-0.4, -0.2) is 11.3 Å². The van der Waals surface area contributed by atoms with Crippen molar-refractivity contribution in [3.05, 3.63) is 45.9 Å². The van der Waals surface area contributed by atoms with Crippen molar-refractivity contribution in [2.24, 2.45) is 0 Å². The molecule has 2 rings (SSSR count). The molecule has 0 aliphatic carbocycles. The third kappa shape index (κ3) is 5.02. The van der Waals surface area contributed by atoms with Crippen LogP contribution in [0.15, 0.2) is 29.6 Å². The van der Waals surface area contributed by atoms with Crippen LogP contribution in [-0.2, 0) is 6.54 Å². The maximum atomic E-state index is 12.0. The Labute approximate surface area is 124 Å². The van der Waals surface area contributed by atoms with Crippen molar-refractivity contribution in [3.8, 4) is 5.75 Å². The Balaban J connectivity index is 1.89. The summed E-state index contributed by atoms with van der Waals surface area (Å²) in [6.07, 6.45) is -4.66. The first-order valence-electron chi connectivity index (χ1n) is 6.33. The summed E-state index contributed by atoms with van der Waals surface area (Å²) in [5, 5.41) is 6.25. The van der Waals surface area contributed by atoms with Gasteiger partial charge in [-0.05, 0) is 31.5 Å². The van der Waals surface area contributed by atoms with E-state index in [-0.39, 0.29) is 11.8 Å². The van der Waals surface area contributed by atoms with Gasteiger partial charge in [-0.1, -0.05) is 12.1 Å². The molecule has 0 amide bonds. The number of aromatic nitrogens is 1. The summed E-state index contributed by atoms with van der Waals surface area (Å²) in [6.45, 7) is 4.48. The van der Waals surface area contributed by atoms with E-state index in [2.05, 4.69) is 15.0 Å². The Morgan fingerprint density at radius 2 is 1.95 bits per heavy atom. The van der Waals surface area contributed by atoms with Gasteiger partial charge in [-0.3, -0.25) is 0 Å². The van der Waals surface area contributed by atoms with E-state index in [0.717, 1.165) is 16.3 Å². The fraction of sp³-hybridized carbons (Fsp3) is 0.357. The van der Waals surface area contributed by atoms with Crippen molar-refractivity contribution in [3.63, 3.8) is 0 Å². The predicted molar refractivity (Wildman–Crippen MR) is 75.2 cm³/mol. The van der Waals surface area contributed by atoms with Gasteiger partial charge in [0, 0.05) is 17.6 Å². The average molecular weight is 316 g/mol. The first kappa shape index (κ1) is 15.8. The molecule has 0 spiro atoms. The number of aryl methyl sites for hydroxylation is 1. The van der Waals surface area contributed by atoms with E-state index in [0.29, 0.717) is 6.54 Å². The summed E-state index contributed by atoms with van der Waals surface area (Å²) in [5.41, 5.74) is 1.86. The van der Waals surface area contributed by atoms with Crippen LogP contribution in [0.3, 0.4) is 0 Å². The molecule has 0 aliphatic rings. The fourth-order valence-corrected chi connectivity index (χ4v) is 2.57. The normalized spacial score (nSPS) is 13.2. The molecule has 0 saturated carbocycles. The standard InChI is InChI=1S/C14H15F3N2OS/c1-9-8-21-13(19-9)10(2)18-7-11-3-5-12(6-4-11)20-14(15,16)17/h3-6,8,10,18H,7H2,1-2H3. The molecule has 0 radical (unpaired) electrons. The van der Waals surface area contributed by atoms with E-state index < -0.39 is 6.36 Å². The number of thiazole rings is 1. The van der Waals surface area contributed by atoms with E-state index in [1.807, 2.05) is 19.2 Å². The van der Waals surface area contributed by atoms with Gasteiger partial charge in [0.1, 0.15) is 10.8 Å². The van der Waals surface area contributed by atoms with Crippen LogP contribution in [0, 0.1) is 6.92 Å². The zero-order valence-electron chi connectivity index (χ0n) is 11.6. The van der Waals surface area contributed by atoms with Gasteiger partial charge in [0.25, 0.3) is 0 Å². The maximum absolute atomic E-state index is 12.0. The Morgan fingerprint density at radius 3 is 2.48 bits per heavy atom. The molecule has 1 unspecified atom stereocenters. The van der Waals surface area contributed by atoms with E-state index >= 15 is 0 Å². The first-order valence-corrected chi connectivity index (χ1v) is 7.21. The lowest BCUT2D eigenvalue weighted by Crippen LogP contribution is -2.18. The molecule has 0 saturated heterocycles. The molecule has 21 heavy (non-hydrogen) atoms. The van der Waals surface area contributed by atoms with Gasteiger partial charge >= 0.3 is 6.36 Å². The van der Waals surface area contributed by atoms with Crippen LogP contribution in [0.5, 0.6) is 5.75 Å². The Bertz CT molecular complexity index is 581. The number of benzene rings is 1. The molecule has 1 aromatic heterocycles. The summed E-state index contributed by atoms with van der Waals surface area (Å²) in [4.78, 5) is 4.39. The number of rotatable bonds is 5. The monoisotopic (exact) mass is 316 g/mol. The Hall–Kier alpha value is -1.60. The molecular formula is C14H15F3N2OS. The zero-order chi connectivity index (χ0) is 15.5. The Morgan fingerprint density at radius 1 is 1.29 bits per heavy atom. The smallest absolute Gasteiger partial charge is 0.406 e. The van der Waals surface area contributed by atoms with Crippen molar-refractivity contribution in [1.82, 2.24) is 10.3 Å². The lowest BCUT2D eigenvalue weighted by molar-refractivity contribution is -0.274. The highest BCUT2D eigenvalue weighted by Gasteiger charge is 2.30. The van der Waals surface area contributed by atoms with Crippen LogP contribution in [0.25, 0.3) is 0 Å². The highest BCUT2D eigenvalue weighted by Crippen LogP contribution is 2.23. The van der Waals surface area contributed by atoms with Gasteiger partial charge < -0.3 is 10.1 Å². The second-order valence-corrected chi connectivity index (χ2v) is 5.51. The number of nitrogens with one attached hydrogen (secondary N) is 1. The second kappa shape index (κ2) is 6.44. The number of halogens is 3. The molecular weight excluding hydrogens is 301 g/mol. The van der Waals surface area contributed by atoms with Crippen molar-refractivity contribution < 1.29 is 17.9 Å². The minimum absolute atomic E-state index is 0.0924. The highest BCUT2D eigenvalue weighted by atomic mass is 32.1. The van der Waals surface area contributed by atoms with E-state index in [4.69, 9.17) is 0 Å². The molecule has 2 aromatic rings. The van der Waals surface area contributed by atoms with Crippen molar-refractivity contribution in [2.75, 3.05) is 0 Å². The lowest BCUT2D eigenvalue weighted by atomic mass is 10.2. The summed E-state index contributed by atoms with van der Waals surface area (Å²) in [7, 11) is 0. The predicted octanol–water partition coefficient (Wildman–Crippen LogP) is 4.20. The van der Waals surface area contributed by atoms with Gasteiger partial charge in [-0.25, -0.2) is 4.98 Å². The third-order valence-electron chi connectivity index (χ3n) is 2.78. The number of alkyl halides is 3. The van der Waals surface area contributed by atoms with Gasteiger partial charge in [-0.15, -0.1) is 24.5 Å². The van der Waals surface area contributed by atoms with Crippen molar-refractivity contribution in [2.45, 2.75) is 32.8 Å². The molecule has 3 nitrogen and oxygen atoms in total. The van der Waals surface area contributed by atoms with Gasteiger partial charge in [0.15, 0.2) is 0 Å². The minimum atomic E-state index is -4.66. The number of nitrogens with zero attached hydrogens (tertiary/aromatic N) is 1. The van der Waals surface area contributed by atoms with E-state index in [9.17, 15) is 13.2 Å². The maximum Gasteiger partial charge on any atom is 0.573 e. The first-order chi connectivity index (χ1) is 9.83. The summed E-state index contributed by atoms with van der Waals surface area (Å²) in [6, 6.07) is 5.92. The molecule has 0 aliphatic heterocycles. The average Bonchev–Trinajstić information content (AvgIpc) is 2.82. The zero-order valence-corrected chi connectivity index (χ0v) is 12.4. The number of ether oxygens (including phenoxy) is 1. The van der Waals surface area contributed by atoms with E-state index in [1.54, 1.807) is 23.5 Å². The minimum Gasteiger partial charge on any atom is -0.406 e. The Kier molecular flexibility index (Phi) is 4.84. The van der Waals surface area contributed by atoms with E-state index in [1.165, 1.54) is 12.1 Å². The van der Waals surface area contributed by atoms with Gasteiger partial charge in [0.2, 0.25) is 0 Å². The molecule has 1 atom stereocenters. The van der Waals surface area contributed by atoms with Crippen LogP contribution in [0.4, 0.5) is 13.2 Å². The van der Waals surface area contributed by atoms with Crippen LogP contribution < -0.4 is 10.1 Å². The quantitative estimate of drug-likeness (QED) is 0.897. The summed E-state index contributed by atoms with van der Waals surface area (Å²) < 4.78 is 40.0. The van der Waals surface area contributed by atoms with Gasteiger partial charge in [0.05, 0.1) is 6.04 Å². The molecule has 0 bridgehead atoms. The largest absolute Gasteiger partial charge is 0.573 e. The van der Waals surface area contributed by atoms with Crippen molar-refractivity contribution >= 4 is 11.3 Å². The summed E-state index contributed by atoms with van der Waals surface area (Å²) >= 11 is 1.58. The van der Waals surface area contributed by atoms with Crippen LogP contribution >= 0.6 is 11.3 Å². The third-order valence-corrected chi connectivity index (χ3v) is 3.92. The lowest BCUT2D eigenvalue weighted by Gasteiger charge is -2.12. The molecule has 1 heterocycles. The molecule has 1 N–H and O–H groups in total. The molecule has 1 aromatic carbocycles. The van der Waals surface area contributed by atoms with Crippen LogP contribution in [0.2, 0.25) is 0 Å². The molecule has 0 fully saturated rings. The number of hydrogen-bond donors (Lipinski definition) is 1. The molecule has 114 valence electrons. The van der Waals surface area contributed by atoms with Gasteiger partial charge in [-0.2, -0.15) is 0 Å². The van der Waals surface area contributed by atoms with Crippen LogP contribution in [0.1, 0.15) is 29.2 Å². The SMILES string of the molecule is Cc1csc(C(C)NCc2ccc(OC(F)(F)F)cc2)n1. The number of hydrogen-bond acceptors (Lipinski definition) is 4. The van der Waals surface area contributed by atoms with Crippen molar-refractivity contribution in [1.29, 1.82) is 0 Å².